The van der Waals surface area contributed by atoms with Crippen LogP contribution in [0.15, 0.2) is 23.2 Å². The van der Waals surface area contributed by atoms with Crippen LogP contribution in [0.4, 0.5) is 0 Å². The van der Waals surface area contributed by atoms with Gasteiger partial charge in [0, 0.05) is 25.2 Å². The molecule has 162 valence electrons. The maximum absolute atomic E-state index is 11.4. The largest absolute Gasteiger partial charge is 0.493 e. The fourth-order valence-corrected chi connectivity index (χ4v) is 2.93. The summed E-state index contributed by atoms with van der Waals surface area (Å²) in [6, 6.07) is 6.15. The molecule has 9 heteroatoms. The van der Waals surface area contributed by atoms with Gasteiger partial charge in [-0.2, -0.15) is 0 Å². The average molecular weight is 526 g/mol. The number of halogens is 1. The van der Waals surface area contributed by atoms with Crippen LogP contribution in [0.1, 0.15) is 44.7 Å². The molecule has 0 saturated heterocycles. The van der Waals surface area contributed by atoms with Gasteiger partial charge in [0.25, 0.3) is 0 Å². The van der Waals surface area contributed by atoms with E-state index in [4.69, 9.17) is 4.74 Å². The van der Waals surface area contributed by atoms with Crippen LogP contribution in [0.2, 0.25) is 0 Å². The van der Waals surface area contributed by atoms with E-state index in [0.717, 1.165) is 29.8 Å². The number of aliphatic imine (C=N–C) groups is 1. The van der Waals surface area contributed by atoms with Crippen molar-refractivity contribution in [3.8, 4) is 5.75 Å². The van der Waals surface area contributed by atoms with E-state index in [9.17, 15) is 8.42 Å². The van der Waals surface area contributed by atoms with Crippen molar-refractivity contribution in [3.63, 3.8) is 0 Å². The van der Waals surface area contributed by atoms with E-state index in [0.29, 0.717) is 38.6 Å². The van der Waals surface area contributed by atoms with Crippen LogP contribution in [0.3, 0.4) is 0 Å². The molecule has 28 heavy (non-hydrogen) atoms. The molecule has 3 N–H and O–H groups in total. The van der Waals surface area contributed by atoms with Gasteiger partial charge in [0.2, 0.25) is 10.0 Å². The normalized spacial score (nSPS) is 11.6. The van der Waals surface area contributed by atoms with Gasteiger partial charge >= 0.3 is 0 Å². The summed E-state index contributed by atoms with van der Waals surface area (Å²) in [5.41, 5.74) is 2.20. The summed E-state index contributed by atoms with van der Waals surface area (Å²) in [7, 11) is -3.13. The SMILES string of the molecule is CCCOc1cc(C)ccc1CN=C(NCC)NCCCNS(=O)(=O)CC.I. The summed E-state index contributed by atoms with van der Waals surface area (Å²) in [5, 5.41) is 6.44. The van der Waals surface area contributed by atoms with Crippen LogP contribution >= 0.6 is 24.0 Å². The number of ether oxygens (including phenoxy) is 1. The maximum atomic E-state index is 11.4. The fraction of sp³-hybridized carbons (Fsp3) is 0.632. The molecule has 0 radical (unpaired) electrons. The van der Waals surface area contributed by atoms with Crippen molar-refractivity contribution in [3.05, 3.63) is 29.3 Å². The molecule has 1 aromatic rings. The van der Waals surface area contributed by atoms with E-state index in [1.54, 1.807) is 6.92 Å². The highest BCUT2D eigenvalue weighted by molar-refractivity contribution is 14.0. The molecule has 0 aliphatic rings. The predicted octanol–water partition coefficient (Wildman–Crippen LogP) is 2.79. The molecule has 1 rings (SSSR count). The summed E-state index contributed by atoms with van der Waals surface area (Å²) < 4.78 is 31.2. The van der Waals surface area contributed by atoms with Crippen LogP contribution < -0.4 is 20.1 Å². The molecule has 0 spiro atoms. The summed E-state index contributed by atoms with van der Waals surface area (Å²) in [5.74, 6) is 1.69. The lowest BCUT2D eigenvalue weighted by molar-refractivity contribution is 0.314. The number of sulfonamides is 1. The number of guanidine groups is 1. The lowest BCUT2D eigenvalue weighted by atomic mass is 10.1. The Morgan fingerprint density at radius 3 is 2.54 bits per heavy atom. The minimum Gasteiger partial charge on any atom is -0.493 e. The molecule has 0 aliphatic heterocycles. The Labute approximate surface area is 187 Å². The van der Waals surface area contributed by atoms with Crippen molar-refractivity contribution in [2.75, 3.05) is 32.0 Å². The first-order valence-corrected chi connectivity index (χ1v) is 11.3. The van der Waals surface area contributed by atoms with Gasteiger partial charge < -0.3 is 15.4 Å². The first-order chi connectivity index (χ1) is 12.9. The third-order valence-corrected chi connectivity index (χ3v) is 5.19. The first kappa shape index (κ1) is 26.9. The van der Waals surface area contributed by atoms with Crippen molar-refractivity contribution >= 4 is 40.0 Å². The van der Waals surface area contributed by atoms with Gasteiger partial charge in [-0.3, -0.25) is 0 Å². The Balaban J connectivity index is 0.00000729. The molecule has 0 unspecified atom stereocenters. The monoisotopic (exact) mass is 526 g/mol. The van der Waals surface area contributed by atoms with Crippen LogP contribution in [0.25, 0.3) is 0 Å². The second-order valence-electron chi connectivity index (χ2n) is 6.23. The van der Waals surface area contributed by atoms with Gasteiger partial charge in [-0.15, -0.1) is 24.0 Å². The average Bonchev–Trinajstić information content (AvgIpc) is 2.64. The molecule has 0 atom stereocenters. The van der Waals surface area contributed by atoms with Crippen LogP contribution in [-0.4, -0.2) is 46.4 Å². The Kier molecular flexibility index (Phi) is 14.3. The van der Waals surface area contributed by atoms with Gasteiger partial charge in [-0.1, -0.05) is 19.1 Å². The first-order valence-electron chi connectivity index (χ1n) is 9.63. The summed E-state index contributed by atoms with van der Waals surface area (Å²) in [6.07, 6.45) is 1.64. The second-order valence-corrected chi connectivity index (χ2v) is 8.33. The van der Waals surface area contributed by atoms with Crippen LogP contribution in [0.5, 0.6) is 5.75 Å². The highest BCUT2D eigenvalue weighted by atomic mass is 127. The van der Waals surface area contributed by atoms with E-state index in [-0.39, 0.29) is 29.7 Å². The standard InChI is InChI=1S/C19H34N4O3S.HI/c1-5-13-26-18-14-16(4)9-10-17(18)15-22-19(20-6-2)21-11-8-12-23-27(24,25)7-3;/h9-10,14,23H,5-8,11-13,15H2,1-4H3,(H2,20,21,22);1H. The minimum absolute atomic E-state index is 0. The topological polar surface area (TPSA) is 91.8 Å². The third kappa shape index (κ3) is 11.1. The summed E-state index contributed by atoms with van der Waals surface area (Å²) in [4.78, 5) is 4.62. The number of nitrogens with one attached hydrogen (secondary N) is 3. The highest BCUT2D eigenvalue weighted by Gasteiger charge is 2.06. The number of aryl methyl sites for hydroxylation is 1. The molecule has 0 fully saturated rings. The molecule has 0 aliphatic carbocycles. The highest BCUT2D eigenvalue weighted by Crippen LogP contribution is 2.21. The Morgan fingerprint density at radius 1 is 1.14 bits per heavy atom. The number of nitrogens with zero attached hydrogens (tertiary/aromatic N) is 1. The fourth-order valence-electron chi connectivity index (χ4n) is 2.27. The van der Waals surface area contributed by atoms with Crippen LogP contribution in [-0.2, 0) is 16.6 Å². The minimum atomic E-state index is -3.13. The quantitative estimate of drug-likeness (QED) is 0.169. The molecular weight excluding hydrogens is 491 g/mol. The smallest absolute Gasteiger partial charge is 0.211 e. The van der Waals surface area contributed by atoms with Crippen molar-refractivity contribution in [1.29, 1.82) is 0 Å². The Bertz CT molecular complexity index is 696. The third-order valence-electron chi connectivity index (χ3n) is 3.78. The summed E-state index contributed by atoms with van der Waals surface area (Å²) in [6.45, 7) is 10.8. The number of hydrogen-bond acceptors (Lipinski definition) is 4. The number of benzene rings is 1. The van der Waals surface area contributed by atoms with Gasteiger partial charge in [0.05, 0.1) is 18.9 Å². The van der Waals surface area contributed by atoms with Crippen molar-refractivity contribution in [2.24, 2.45) is 4.99 Å². The van der Waals surface area contributed by atoms with E-state index in [1.807, 2.05) is 26.0 Å². The molecule has 0 bridgehead atoms. The molecule has 0 saturated carbocycles. The summed E-state index contributed by atoms with van der Waals surface area (Å²) >= 11 is 0. The van der Waals surface area contributed by atoms with Gasteiger partial charge in [-0.25, -0.2) is 18.1 Å². The molecule has 1 aromatic carbocycles. The lowest BCUT2D eigenvalue weighted by Gasteiger charge is -2.13. The zero-order valence-corrected chi connectivity index (χ0v) is 20.5. The van der Waals surface area contributed by atoms with E-state index < -0.39 is 10.0 Å². The zero-order chi connectivity index (χ0) is 20.1. The molecule has 0 amide bonds. The Hall–Kier alpha value is -1.07. The maximum Gasteiger partial charge on any atom is 0.211 e. The van der Waals surface area contributed by atoms with Crippen LogP contribution in [0, 0.1) is 6.92 Å². The number of hydrogen-bond donors (Lipinski definition) is 3. The second kappa shape index (κ2) is 14.9. The van der Waals surface area contributed by atoms with Gasteiger partial charge in [-0.05, 0) is 45.2 Å². The lowest BCUT2D eigenvalue weighted by Crippen LogP contribution is -2.38. The molecule has 7 nitrogen and oxygen atoms in total. The van der Waals surface area contributed by atoms with Crippen molar-refractivity contribution in [2.45, 2.75) is 47.1 Å². The van der Waals surface area contributed by atoms with E-state index >= 15 is 0 Å². The zero-order valence-electron chi connectivity index (χ0n) is 17.4. The molecule has 0 aromatic heterocycles. The van der Waals surface area contributed by atoms with E-state index in [1.165, 1.54) is 0 Å². The Morgan fingerprint density at radius 2 is 1.89 bits per heavy atom. The van der Waals surface area contributed by atoms with E-state index in [2.05, 4.69) is 33.3 Å². The van der Waals surface area contributed by atoms with Crippen molar-refractivity contribution in [1.82, 2.24) is 15.4 Å². The molecular formula is C19H35IN4O3S. The van der Waals surface area contributed by atoms with Gasteiger partial charge in [0.15, 0.2) is 5.96 Å². The number of rotatable bonds is 12. The molecule has 0 heterocycles. The van der Waals surface area contributed by atoms with Gasteiger partial charge in [0.1, 0.15) is 5.75 Å². The predicted molar refractivity (Wildman–Crippen MR) is 127 cm³/mol. The van der Waals surface area contributed by atoms with Crippen molar-refractivity contribution < 1.29 is 13.2 Å².